The molecule has 0 bridgehead atoms. The second-order valence-electron chi connectivity index (χ2n) is 10.1. The van der Waals surface area contributed by atoms with Crippen LogP contribution in [-0.4, -0.2) is 66.9 Å². The predicted octanol–water partition coefficient (Wildman–Crippen LogP) is 2.31. The zero-order valence-electron chi connectivity index (χ0n) is 19.9. The van der Waals surface area contributed by atoms with Gasteiger partial charge >= 0.3 is 0 Å². The number of furan rings is 1. The van der Waals surface area contributed by atoms with Gasteiger partial charge in [-0.1, -0.05) is 27.7 Å². The molecule has 0 spiro atoms. The van der Waals surface area contributed by atoms with Crippen LogP contribution in [0.5, 0.6) is 0 Å². The smallest absolute Gasteiger partial charge is 0.255 e. The Morgan fingerprint density at radius 2 is 1.94 bits per heavy atom. The average molecular weight is 448 g/mol. The van der Waals surface area contributed by atoms with Crippen molar-refractivity contribution >= 4 is 17.6 Å². The Morgan fingerprint density at radius 3 is 2.53 bits per heavy atom. The first-order valence-electron chi connectivity index (χ1n) is 11.6. The second kappa shape index (κ2) is 10.2. The summed E-state index contributed by atoms with van der Waals surface area (Å²) in [4.78, 5) is 41.0. The summed E-state index contributed by atoms with van der Waals surface area (Å²) in [6.07, 6.45) is 3.81. The molecule has 2 amide bonds. The summed E-state index contributed by atoms with van der Waals surface area (Å²) in [6.45, 7) is 12.7. The van der Waals surface area contributed by atoms with Crippen LogP contribution in [0.15, 0.2) is 16.7 Å². The van der Waals surface area contributed by atoms with Crippen molar-refractivity contribution in [2.24, 2.45) is 11.3 Å². The molecular formula is C24H37N3O5. The summed E-state index contributed by atoms with van der Waals surface area (Å²) in [5.74, 6) is -0.0527. The molecule has 2 aliphatic rings. The molecule has 1 aromatic rings. The lowest BCUT2D eigenvalue weighted by Crippen LogP contribution is -2.55. The molecule has 32 heavy (non-hydrogen) atoms. The van der Waals surface area contributed by atoms with Crippen molar-refractivity contribution in [3.63, 3.8) is 0 Å². The van der Waals surface area contributed by atoms with Crippen LogP contribution in [0.3, 0.4) is 0 Å². The number of Topliss-reactive ketones (excluding diaryl/α,β-unsaturated/α-hetero) is 1. The van der Waals surface area contributed by atoms with E-state index in [2.05, 4.69) is 43.2 Å². The third-order valence-corrected chi connectivity index (χ3v) is 7.11. The number of rotatable bonds is 9. The van der Waals surface area contributed by atoms with Crippen LogP contribution < -0.4 is 10.6 Å². The lowest BCUT2D eigenvalue weighted by Gasteiger charge is -2.34. The van der Waals surface area contributed by atoms with Gasteiger partial charge in [0.15, 0.2) is 5.78 Å². The minimum atomic E-state index is -0.782. The van der Waals surface area contributed by atoms with Crippen molar-refractivity contribution in [1.82, 2.24) is 15.5 Å². The highest BCUT2D eigenvalue weighted by Crippen LogP contribution is 2.32. The van der Waals surface area contributed by atoms with E-state index in [1.165, 1.54) is 6.26 Å². The first-order chi connectivity index (χ1) is 15.1. The van der Waals surface area contributed by atoms with E-state index in [1.54, 1.807) is 13.0 Å². The van der Waals surface area contributed by atoms with E-state index in [0.29, 0.717) is 30.2 Å². The number of ketones is 1. The highest BCUT2D eigenvalue weighted by atomic mass is 16.5. The van der Waals surface area contributed by atoms with E-state index in [1.807, 2.05) is 0 Å². The molecule has 0 radical (unpaired) electrons. The van der Waals surface area contributed by atoms with Gasteiger partial charge in [0.25, 0.3) is 5.91 Å². The Bertz CT molecular complexity index is 825. The Labute approximate surface area is 190 Å². The third-order valence-electron chi connectivity index (χ3n) is 7.11. The second-order valence-corrected chi connectivity index (χ2v) is 10.1. The summed E-state index contributed by atoms with van der Waals surface area (Å²) in [5, 5.41) is 5.78. The fourth-order valence-corrected chi connectivity index (χ4v) is 4.22. The summed E-state index contributed by atoms with van der Waals surface area (Å²) in [5.41, 5.74) is 0.198. The fraction of sp³-hybridized carbons (Fsp3) is 0.708. The number of amides is 2. The third kappa shape index (κ3) is 5.78. The zero-order valence-corrected chi connectivity index (χ0v) is 19.9. The SMILES string of the molecule is Cc1occc1C(=O)NC(CC(C)(C)C(C)C)C(=O)NC1C(=O)COC1CN1CCCC1. The number of nitrogens with one attached hydrogen (secondary N) is 2. The molecule has 0 aromatic carbocycles. The highest BCUT2D eigenvalue weighted by molar-refractivity contribution is 5.99. The Balaban J connectivity index is 1.73. The first kappa shape index (κ1) is 24.5. The minimum Gasteiger partial charge on any atom is -0.469 e. The van der Waals surface area contributed by atoms with E-state index in [-0.39, 0.29) is 35.7 Å². The lowest BCUT2D eigenvalue weighted by atomic mass is 9.76. The van der Waals surface area contributed by atoms with E-state index in [9.17, 15) is 14.4 Å². The summed E-state index contributed by atoms with van der Waals surface area (Å²) in [6, 6.07) is 0.114. The van der Waals surface area contributed by atoms with Crippen molar-refractivity contribution < 1.29 is 23.5 Å². The molecule has 8 heteroatoms. The molecule has 2 fully saturated rings. The molecule has 2 N–H and O–H groups in total. The number of hydrogen-bond donors (Lipinski definition) is 2. The topological polar surface area (TPSA) is 101 Å². The maximum atomic E-state index is 13.3. The largest absolute Gasteiger partial charge is 0.469 e. The van der Waals surface area contributed by atoms with E-state index < -0.39 is 12.1 Å². The quantitative estimate of drug-likeness (QED) is 0.603. The molecule has 3 atom stereocenters. The van der Waals surface area contributed by atoms with Crippen LogP contribution in [0.25, 0.3) is 0 Å². The summed E-state index contributed by atoms with van der Waals surface area (Å²) in [7, 11) is 0. The van der Waals surface area contributed by atoms with Gasteiger partial charge in [0.05, 0.1) is 17.9 Å². The van der Waals surface area contributed by atoms with Crippen LogP contribution in [0.4, 0.5) is 0 Å². The van der Waals surface area contributed by atoms with Crippen molar-refractivity contribution in [1.29, 1.82) is 0 Å². The Morgan fingerprint density at radius 1 is 1.25 bits per heavy atom. The molecule has 2 aliphatic heterocycles. The average Bonchev–Trinajstić information content (AvgIpc) is 3.46. The summed E-state index contributed by atoms with van der Waals surface area (Å²) >= 11 is 0. The van der Waals surface area contributed by atoms with Crippen molar-refractivity contribution in [3.05, 3.63) is 23.7 Å². The molecule has 0 saturated carbocycles. The van der Waals surface area contributed by atoms with Crippen molar-refractivity contribution in [3.8, 4) is 0 Å². The number of carbonyl (C=O) groups is 3. The number of aryl methyl sites for hydroxylation is 1. The molecule has 2 saturated heterocycles. The molecule has 3 unspecified atom stereocenters. The lowest BCUT2D eigenvalue weighted by molar-refractivity contribution is -0.128. The van der Waals surface area contributed by atoms with Crippen LogP contribution in [0.2, 0.25) is 0 Å². The standard InChI is InChI=1S/C24H37N3O5/c1-15(2)24(4,5)12-18(25-22(29)17-8-11-31-16(17)3)23(30)26-21-19(28)14-32-20(21)13-27-9-6-7-10-27/h8,11,15,18,20-21H,6-7,9-10,12-14H2,1-5H3,(H,25,29)(H,26,30). The number of ether oxygens (including phenoxy) is 1. The number of carbonyl (C=O) groups excluding carboxylic acids is 3. The number of hydrogen-bond acceptors (Lipinski definition) is 6. The molecule has 3 rings (SSSR count). The maximum absolute atomic E-state index is 13.3. The molecule has 0 aliphatic carbocycles. The van der Waals surface area contributed by atoms with Crippen LogP contribution in [-0.2, 0) is 14.3 Å². The molecule has 3 heterocycles. The molecule has 178 valence electrons. The van der Waals surface area contributed by atoms with E-state index >= 15 is 0 Å². The summed E-state index contributed by atoms with van der Waals surface area (Å²) < 4.78 is 10.9. The van der Waals surface area contributed by atoms with Crippen LogP contribution >= 0.6 is 0 Å². The molecule has 1 aromatic heterocycles. The number of likely N-dealkylation sites (tertiary alicyclic amines) is 1. The van der Waals surface area contributed by atoms with Crippen molar-refractivity contribution in [2.45, 2.75) is 72.1 Å². The minimum absolute atomic E-state index is 0.00613. The molecule has 8 nitrogen and oxygen atoms in total. The maximum Gasteiger partial charge on any atom is 0.255 e. The van der Waals surface area contributed by atoms with Crippen molar-refractivity contribution in [2.75, 3.05) is 26.2 Å². The Hall–Kier alpha value is -2.19. The van der Waals surface area contributed by atoms with E-state index in [4.69, 9.17) is 9.15 Å². The normalized spacial score (nSPS) is 23.0. The zero-order chi connectivity index (χ0) is 23.5. The fourth-order valence-electron chi connectivity index (χ4n) is 4.22. The van der Waals surface area contributed by atoms with Gasteiger partial charge in [-0.05, 0) is 56.7 Å². The first-order valence-corrected chi connectivity index (χ1v) is 11.6. The van der Waals surface area contributed by atoms with Gasteiger partial charge in [-0.3, -0.25) is 14.4 Å². The number of nitrogens with zero attached hydrogens (tertiary/aromatic N) is 1. The van der Waals surface area contributed by atoms with Gasteiger partial charge < -0.3 is 24.7 Å². The monoisotopic (exact) mass is 447 g/mol. The van der Waals surface area contributed by atoms with Gasteiger partial charge in [0.1, 0.15) is 24.5 Å². The van der Waals surface area contributed by atoms with Gasteiger partial charge in [-0.25, -0.2) is 0 Å². The predicted molar refractivity (Wildman–Crippen MR) is 120 cm³/mol. The van der Waals surface area contributed by atoms with Gasteiger partial charge in [0.2, 0.25) is 5.91 Å². The van der Waals surface area contributed by atoms with Crippen LogP contribution in [0.1, 0.15) is 63.1 Å². The highest BCUT2D eigenvalue weighted by Gasteiger charge is 2.40. The molecular weight excluding hydrogens is 410 g/mol. The van der Waals surface area contributed by atoms with Gasteiger partial charge in [-0.2, -0.15) is 0 Å². The Kier molecular flexibility index (Phi) is 7.77. The van der Waals surface area contributed by atoms with E-state index in [0.717, 1.165) is 25.9 Å². The van der Waals surface area contributed by atoms with Gasteiger partial charge in [0, 0.05) is 6.54 Å². The van der Waals surface area contributed by atoms with Gasteiger partial charge in [-0.15, -0.1) is 0 Å². The van der Waals surface area contributed by atoms with Crippen LogP contribution in [0, 0.1) is 18.3 Å².